The van der Waals surface area contributed by atoms with E-state index < -0.39 is 0 Å². The van der Waals surface area contributed by atoms with Crippen molar-refractivity contribution in [2.45, 2.75) is 19.6 Å². The molecule has 0 amide bonds. The van der Waals surface area contributed by atoms with E-state index in [4.69, 9.17) is 4.42 Å². The number of aryl methyl sites for hydroxylation is 1. The summed E-state index contributed by atoms with van der Waals surface area (Å²) in [5, 5.41) is 4.22. The smallest absolute Gasteiger partial charge is 0.151 e. The van der Waals surface area contributed by atoms with Gasteiger partial charge < -0.3 is 8.98 Å². The van der Waals surface area contributed by atoms with Crippen molar-refractivity contribution >= 4 is 0 Å². The molecule has 0 unspecified atom stereocenters. The molecule has 0 aromatic carbocycles. The Morgan fingerprint density at radius 3 is 3.00 bits per heavy atom. The van der Waals surface area contributed by atoms with Gasteiger partial charge in [-0.25, -0.2) is 4.98 Å². The number of nitrogens with zero attached hydrogens (tertiary/aromatic N) is 5. The molecule has 4 rings (SSSR count). The molecule has 0 saturated heterocycles. The first-order chi connectivity index (χ1) is 10.3. The van der Waals surface area contributed by atoms with Gasteiger partial charge in [-0.05, 0) is 12.1 Å². The maximum Gasteiger partial charge on any atom is 0.151 e. The highest BCUT2D eigenvalue weighted by Crippen LogP contribution is 2.24. The van der Waals surface area contributed by atoms with Crippen LogP contribution < -0.4 is 0 Å². The summed E-state index contributed by atoms with van der Waals surface area (Å²) in [5.74, 6) is 1.98. The Morgan fingerprint density at radius 2 is 2.24 bits per heavy atom. The van der Waals surface area contributed by atoms with Gasteiger partial charge in [-0.15, -0.1) is 0 Å². The summed E-state index contributed by atoms with van der Waals surface area (Å²) in [4.78, 5) is 6.94. The van der Waals surface area contributed by atoms with Gasteiger partial charge in [0.25, 0.3) is 0 Å². The van der Waals surface area contributed by atoms with E-state index in [9.17, 15) is 0 Å². The Hall–Kier alpha value is -2.34. The lowest BCUT2D eigenvalue weighted by molar-refractivity contribution is 0.209. The van der Waals surface area contributed by atoms with Gasteiger partial charge in [0.15, 0.2) is 5.76 Å². The molecule has 0 N–H and O–H groups in total. The minimum absolute atomic E-state index is 0.857. The van der Waals surface area contributed by atoms with Gasteiger partial charge in [0, 0.05) is 38.4 Å². The van der Waals surface area contributed by atoms with Crippen LogP contribution in [0.2, 0.25) is 0 Å². The number of rotatable bonds is 3. The quantitative estimate of drug-likeness (QED) is 0.736. The van der Waals surface area contributed by atoms with E-state index in [0.29, 0.717) is 0 Å². The van der Waals surface area contributed by atoms with Crippen molar-refractivity contribution in [3.05, 3.63) is 48.4 Å². The molecule has 108 valence electrons. The molecular formula is C15H17N5O. The Kier molecular flexibility index (Phi) is 2.89. The molecule has 4 heterocycles. The highest BCUT2D eigenvalue weighted by atomic mass is 16.3. The topological polar surface area (TPSA) is 52.0 Å². The zero-order valence-electron chi connectivity index (χ0n) is 11.9. The Balaban J connectivity index is 1.53. The number of aromatic nitrogens is 4. The predicted molar refractivity (Wildman–Crippen MR) is 77.3 cm³/mol. The largest absolute Gasteiger partial charge is 0.463 e. The molecule has 0 bridgehead atoms. The number of imidazole rings is 1. The molecule has 0 fully saturated rings. The minimum atomic E-state index is 0.857. The molecule has 0 spiro atoms. The van der Waals surface area contributed by atoms with Crippen LogP contribution in [0.3, 0.4) is 0 Å². The second-order valence-electron chi connectivity index (χ2n) is 5.42. The van der Waals surface area contributed by atoms with Gasteiger partial charge in [0.05, 0.1) is 25.2 Å². The summed E-state index contributed by atoms with van der Waals surface area (Å²) >= 11 is 0. The van der Waals surface area contributed by atoms with Crippen LogP contribution in [0.15, 0.2) is 41.4 Å². The number of fused-ring (bicyclic) bond motifs is 1. The van der Waals surface area contributed by atoms with Crippen molar-refractivity contribution in [3.63, 3.8) is 0 Å². The summed E-state index contributed by atoms with van der Waals surface area (Å²) in [6.07, 6.45) is 7.60. The third-order valence-corrected chi connectivity index (χ3v) is 3.88. The second-order valence-corrected chi connectivity index (χ2v) is 5.42. The molecular weight excluding hydrogens is 266 g/mol. The van der Waals surface area contributed by atoms with Gasteiger partial charge in [-0.3, -0.25) is 9.58 Å². The molecule has 6 heteroatoms. The normalized spacial score (nSPS) is 15.3. The number of hydrogen-bond donors (Lipinski definition) is 0. The number of hydrogen-bond acceptors (Lipinski definition) is 4. The van der Waals surface area contributed by atoms with Crippen LogP contribution in [0, 0.1) is 0 Å². The van der Waals surface area contributed by atoms with Crippen LogP contribution in [0.4, 0.5) is 0 Å². The molecule has 6 nitrogen and oxygen atoms in total. The average molecular weight is 283 g/mol. The summed E-state index contributed by atoms with van der Waals surface area (Å²) in [5.41, 5.74) is 2.31. The number of furan rings is 1. The maximum absolute atomic E-state index is 5.48. The summed E-state index contributed by atoms with van der Waals surface area (Å²) < 4.78 is 9.57. The summed E-state index contributed by atoms with van der Waals surface area (Å²) in [6.45, 7) is 3.71. The molecule has 1 aliphatic rings. The van der Waals surface area contributed by atoms with E-state index in [1.54, 1.807) is 6.26 Å². The van der Waals surface area contributed by atoms with Gasteiger partial charge in [0.2, 0.25) is 0 Å². The van der Waals surface area contributed by atoms with Gasteiger partial charge in [-0.1, -0.05) is 0 Å². The van der Waals surface area contributed by atoms with Crippen LogP contribution in [0.1, 0.15) is 11.4 Å². The molecule has 0 saturated carbocycles. The van der Waals surface area contributed by atoms with Crippen LogP contribution in [-0.2, 0) is 26.7 Å². The van der Waals surface area contributed by atoms with Crippen molar-refractivity contribution in [1.82, 2.24) is 24.2 Å². The molecule has 21 heavy (non-hydrogen) atoms. The Morgan fingerprint density at radius 1 is 1.29 bits per heavy atom. The fourth-order valence-electron chi connectivity index (χ4n) is 2.88. The lowest BCUT2D eigenvalue weighted by atomic mass is 10.2. The third-order valence-electron chi connectivity index (χ3n) is 3.88. The van der Waals surface area contributed by atoms with Crippen LogP contribution >= 0.6 is 0 Å². The van der Waals surface area contributed by atoms with E-state index in [1.165, 1.54) is 5.56 Å². The SMILES string of the molecule is Cn1cc(CN2CCn3c(-c4ccco4)cnc3C2)cn1. The van der Waals surface area contributed by atoms with Crippen LogP contribution in [-0.4, -0.2) is 30.8 Å². The van der Waals surface area contributed by atoms with E-state index >= 15 is 0 Å². The maximum atomic E-state index is 5.48. The molecule has 1 aliphatic heterocycles. The average Bonchev–Trinajstić information content (AvgIpc) is 3.18. The molecule has 0 aliphatic carbocycles. The highest BCUT2D eigenvalue weighted by molar-refractivity contribution is 5.52. The monoisotopic (exact) mass is 283 g/mol. The van der Waals surface area contributed by atoms with E-state index in [1.807, 2.05) is 36.3 Å². The highest BCUT2D eigenvalue weighted by Gasteiger charge is 2.21. The molecule has 3 aromatic heterocycles. The first kappa shape index (κ1) is 12.4. The van der Waals surface area contributed by atoms with Crippen LogP contribution in [0.5, 0.6) is 0 Å². The van der Waals surface area contributed by atoms with E-state index in [0.717, 1.165) is 43.5 Å². The van der Waals surface area contributed by atoms with Gasteiger partial charge in [-0.2, -0.15) is 5.10 Å². The Bertz CT molecular complexity index is 740. The first-order valence-electron chi connectivity index (χ1n) is 7.08. The van der Waals surface area contributed by atoms with Crippen LogP contribution in [0.25, 0.3) is 11.5 Å². The van der Waals surface area contributed by atoms with Crippen molar-refractivity contribution in [3.8, 4) is 11.5 Å². The van der Waals surface area contributed by atoms with E-state index in [-0.39, 0.29) is 0 Å². The molecule has 0 atom stereocenters. The predicted octanol–water partition coefficient (Wildman–Crippen LogP) is 1.89. The zero-order chi connectivity index (χ0) is 14.2. The lowest BCUT2D eigenvalue weighted by Gasteiger charge is -2.27. The second kappa shape index (κ2) is 4.89. The van der Waals surface area contributed by atoms with Crippen molar-refractivity contribution in [2.75, 3.05) is 6.54 Å². The minimum Gasteiger partial charge on any atom is -0.463 e. The summed E-state index contributed by atoms with van der Waals surface area (Å²) in [6, 6.07) is 3.89. The zero-order valence-corrected chi connectivity index (χ0v) is 11.9. The van der Waals surface area contributed by atoms with Crippen molar-refractivity contribution in [1.29, 1.82) is 0 Å². The van der Waals surface area contributed by atoms with Crippen molar-refractivity contribution in [2.24, 2.45) is 7.05 Å². The third kappa shape index (κ3) is 2.27. The van der Waals surface area contributed by atoms with Crippen molar-refractivity contribution < 1.29 is 4.42 Å². The van der Waals surface area contributed by atoms with E-state index in [2.05, 4.69) is 25.7 Å². The standard InChI is InChI=1S/C15H17N5O/c1-18-9-12(7-17-18)10-19-4-5-20-13(8-16-15(20)11-19)14-3-2-6-21-14/h2-3,6-9H,4-5,10-11H2,1H3. The fraction of sp³-hybridized carbons (Fsp3) is 0.333. The summed E-state index contributed by atoms with van der Waals surface area (Å²) in [7, 11) is 1.95. The van der Waals surface area contributed by atoms with Gasteiger partial charge >= 0.3 is 0 Å². The molecule has 3 aromatic rings. The van der Waals surface area contributed by atoms with Gasteiger partial charge in [0.1, 0.15) is 11.5 Å². The molecule has 0 radical (unpaired) electrons. The fourth-order valence-corrected chi connectivity index (χ4v) is 2.88. The Labute approximate surface area is 122 Å². The first-order valence-corrected chi connectivity index (χ1v) is 7.08. The lowest BCUT2D eigenvalue weighted by Crippen LogP contribution is -2.33.